The minimum Gasteiger partial charge on any atom is -0.381 e. The number of guanidine groups is 1. The second-order valence-electron chi connectivity index (χ2n) is 10.0. The number of alkyl halides is 3. The lowest BCUT2D eigenvalue weighted by Gasteiger charge is -2.29. The molecule has 4 N–H and O–H groups in total. The first kappa shape index (κ1) is 30.1. The summed E-state index contributed by atoms with van der Waals surface area (Å²) in [5.41, 5.74) is 5.21. The minimum atomic E-state index is -4.60. The Hall–Kier alpha value is -2.83. The summed E-state index contributed by atoms with van der Waals surface area (Å²) in [5, 5.41) is 5.96. The van der Waals surface area contributed by atoms with Crippen LogP contribution < -0.4 is 16.4 Å². The number of aryl methyl sites for hydroxylation is 1. The molecule has 0 spiro atoms. The zero-order chi connectivity index (χ0) is 29.0. The minimum absolute atomic E-state index is 0.0857. The fourth-order valence-electron chi connectivity index (χ4n) is 5.14. The molecule has 1 saturated carbocycles. The quantitative estimate of drug-likeness (QED) is 0.264. The van der Waals surface area contributed by atoms with Crippen LogP contribution >= 0.6 is 23.2 Å². The number of ether oxygens (including phenoxy) is 1. The van der Waals surface area contributed by atoms with Gasteiger partial charge in [-0.3, -0.25) is 9.36 Å². The molecule has 1 aliphatic heterocycles. The average Bonchev–Trinajstić information content (AvgIpc) is 3.04. The Morgan fingerprint density at radius 2 is 1.82 bits per heavy atom. The lowest BCUT2D eigenvalue weighted by molar-refractivity contribution is -0.137. The van der Waals surface area contributed by atoms with E-state index < -0.39 is 11.7 Å². The monoisotopic (exact) mass is 601 g/mol. The molecule has 218 valence electrons. The predicted molar refractivity (Wildman–Crippen MR) is 150 cm³/mol. The normalized spacial score (nSPS) is 22.4. The van der Waals surface area contributed by atoms with Gasteiger partial charge in [-0.2, -0.15) is 18.2 Å². The summed E-state index contributed by atoms with van der Waals surface area (Å²) in [6.45, 7) is 6.78. The zero-order valence-electron chi connectivity index (χ0n) is 22.0. The highest BCUT2D eigenvalue weighted by molar-refractivity contribution is 6.39. The van der Waals surface area contributed by atoms with Crippen LogP contribution in [0.3, 0.4) is 0 Å². The molecule has 14 heteroatoms. The molecule has 0 bridgehead atoms. The van der Waals surface area contributed by atoms with Crippen molar-refractivity contribution in [1.82, 2.24) is 14.9 Å². The van der Waals surface area contributed by atoms with Crippen LogP contribution in [0.5, 0.6) is 0 Å². The molecule has 0 radical (unpaired) electrons. The molecule has 1 aliphatic carbocycles. The van der Waals surface area contributed by atoms with Gasteiger partial charge in [0.1, 0.15) is 0 Å². The van der Waals surface area contributed by atoms with Crippen LogP contribution in [0.4, 0.5) is 30.6 Å². The maximum absolute atomic E-state index is 13.3. The average molecular weight is 602 g/mol. The first-order valence-corrected chi connectivity index (χ1v) is 13.8. The summed E-state index contributed by atoms with van der Waals surface area (Å²) in [4.78, 5) is 25.3. The number of hydrogen-bond donors (Lipinski definition) is 3. The highest BCUT2D eigenvalue weighted by Gasteiger charge is 2.33. The SMILES string of the molecule is C=N/C(=N\c1c(C)nc(Nc2c(Cl)cc(C(F)(F)F)cc2Cl)n1[C@H]1CC[C@@H](C(N)=O)CC1)NC1CCCOCC1. The van der Waals surface area contributed by atoms with Crippen LogP contribution in [0.15, 0.2) is 22.1 Å². The predicted octanol–water partition coefficient (Wildman–Crippen LogP) is 6.32. The van der Waals surface area contributed by atoms with Crippen molar-refractivity contribution in [2.24, 2.45) is 21.6 Å². The molecule has 2 aromatic rings. The van der Waals surface area contributed by atoms with Gasteiger partial charge in [-0.05, 0) is 70.7 Å². The molecule has 1 unspecified atom stereocenters. The van der Waals surface area contributed by atoms with E-state index >= 15 is 0 Å². The number of anilines is 2. The smallest absolute Gasteiger partial charge is 0.381 e. The van der Waals surface area contributed by atoms with Crippen molar-refractivity contribution in [1.29, 1.82) is 0 Å². The third kappa shape index (κ3) is 7.08. The number of benzene rings is 1. The lowest BCUT2D eigenvalue weighted by Crippen LogP contribution is -2.34. The van der Waals surface area contributed by atoms with E-state index in [-0.39, 0.29) is 39.6 Å². The van der Waals surface area contributed by atoms with E-state index in [4.69, 9.17) is 38.7 Å². The number of nitrogens with zero attached hydrogens (tertiary/aromatic N) is 4. The number of rotatable bonds is 6. The van der Waals surface area contributed by atoms with Gasteiger partial charge in [-0.15, -0.1) is 0 Å². The number of halogens is 5. The Morgan fingerprint density at radius 1 is 1.15 bits per heavy atom. The topological polar surface area (TPSA) is 119 Å². The summed E-state index contributed by atoms with van der Waals surface area (Å²) >= 11 is 12.5. The van der Waals surface area contributed by atoms with Gasteiger partial charge >= 0.3 is 6.18 Å². The van der Waals surface area contributed by atoms with Gasteiger partial charge < -0.3 is 21.1 Å². The Kier molecular flexibility index (Phi) is 9.63. The number of amides is 1. The largest absolute Gasteiger partial charge is 0.416 e. The van der Waals surface area contributed by atoms with Crippen molar-refractivity contribution in [2.75, 3.05) is 18.5 Å². The third-order valence-electron chi connectivity index (χ3n) is 7.27. The van der Waals surface area contributed by atoms with E-state index in [0.29, 0.717) is 62.3 Å². The van der Waals surface area contributed by atoms with E-state index in [9.17, 15) is 18.0 Å². The van der Waals surface area contributed by atoms with Crippen LogP contribution in [-0.4, -0.2) is 47.4 Å². The number of aromatic nitrogens is 2. The number of primary amides is 1. The van der Waals surface area contributed by atoms with Gasteiger partial charge in [-0.25, -0.2) is 9.98 Å². The molecule has 40 heavy (non-hydrogen) atoms. The lowest BCUT2D eigenvalue weighted by atomic mass is 9.85. The molecular formula is C26H32Cl2F3N7O2. The fourth-order valence-corrected chi connectivity index (χ4v) is 5.72. The van der Waals surface area contributed by atoms with E-state index in [1.54, 1.807) is 6.92 Å². The molecule has 1 atom stereocenters. The Morgan fingerprint density at radius 3 is 2.42 bits per heavy atom. The van der Waals surface area contributed by atoms with Crippen molar-refractivity contribution >= 4 is 59.2 Å². The van der Waals surface area contributed by atoms with Crippen molar-refractivity contribution in [2.45, 2.75) is 70.1 Å². The van der Waals surface area contributed by atoms with Crippen LogP contribution in [-0.2, 0) is 15.7 Å². The van der Waals surface area contributed by atoms with Gasteiger partial charge in [0.25, 0.3) is 0 Å². The standard InChI is InChI=1S/C26H32Cl2F3N7O2/c1-14-23(37-24(33-2)35-17-4-3-10-40-11-9-17)38(18-7-5-15(6-8-18)22(32)39)25(34-14)36-21-19(27)12-16(13-20(21)28)26(29,30)31/h12-13,15,17-18H,2-11H2,1H3,(H2,32,39)(H,34,36)(H,35,37)/t15-,17?,18+. The fraction of sp³-hybridized carbons (Fsp3) is 0.538. The highest BCUT2D eigenvalue weighted by atomic mass is 35.5. The van der Waals surface area contributed by atoms with Crippen LogP contribution in [0.2, 0.25) is 10.0 Å². The molecular weight excluding hydrogens is 570 g/mol. The molecule has 1 aromatic heterocycles. The maximum Gasteiger partial charge on any atom is 0.416 e. The Labute approximate surface area is 240 Å². The number of imidazole rings is 1. The van der Waals surface area contributed by atoms with Gasteiger partial charge in [0, 0.05) is 31.2 Å². The van der Waals surface area contributed by atoms with E-state index in [0.717, 1.165) is 31.4 Å². The highest BCUT2D eigenvalue weighted by Crippen LogP contribution is 2.43. The van der Waals surface area contributed by atoms with E-state index in [1.165, 1.54) is 0 Å². The molecule has 2 fully saturated rings. The van der Waals surface area contributed by atoms with Crippen molar-refractivity contribution in [3.8, 4) is 0 Å². The maximum atomic E-state index is 13.3. The Balaban J connectivity index is 1.72. The number of nitrogens with two attached hydrogens (primary N) is 1. The molecule has 1 aromatic carbocycles. The second kappa shape index (κ2) is 12.8. The van der Waals surface area contributed by atoms with Crippen LogP contribution in [0.1, 0.15) is 62.2 Å². The van der Waals surface area contributed by atoms with E-state index in [1.807, 2.05) is 4.57 Å². The van der Waals surface area contributed by atoms with Crippen molar-refractivity contribution < 1.29 is 22.7 Å². The molecule has 2 aliphatic rings. The molecule has 1 saturated heterocycles. The number of aliphatic imine (C=N–C) groups is 2. The summed E-state index contributed by atoms with van der Waals surface area (Å²) < 4.78 is 47.2. The number of carbonyl (C=O) groups excluding carboxylic acids is 1. The van der Waals surface area contributed by atoms with Crippen molar-refractivity contribution in [3.63, 3.8) is 0 Å². The van der Waals surface area contributed by atoms with Crippen LogP contribution in [0.25, 0.3) is 0 Å². The van der Waals surface area contributed by atoms with E-state index in [2.05, 4.69) is 27.3 Å². The summed E-state index contributed by atoms with van der Waals surface area (Å²) in [6, 6.07) is 1.60. The molecule has 9 nitrogen and oxygen atoms in total. The van der Waals surface area contributed by atoms with Crippen molar-refractivity contribution in [3.05, 3.63) is 33.4 Å². The zero-order valence-corrected chi connectivity index (χ0v) is 23.5. The van der Waals surface area contributed by atoms with Crippen LogP contribution in [0, 0.1) is 12.8 Å². The molecule has 4 rings (SSSR count). The first-order chi connectivity index (χ1) is 19.0. The third-order valence-corrected chi connectivity index (χ3v) is 7.87. The number of carbonyl (C=O) groups is 1. The van der Waals surface area contributed by atoms with Gasteiger partial charge in [0.05, 0.1) is 27.0 Å². The van der Waals surface area contributed by atoms with Gasteiger partial charge in [0.2, 0.25) is 17.8 Å². The number of hydrogen-bond acceptors (Lipinski definition) is 5. The molecule has 1 amide bonds. The Bertz CT molecular complexity index is 1240. The summed E-state index contributed by atoms with van der Waals surface area (Å²) in [6.07, 6.45) is 0.363. The summed E-state index contributed by atoms with van der Waals surface area (Å²) in [5.74, 6) is 0.541. The van der Waals surface area contributed by atoms with Gasteiger partial charge in [-0.1, -0.05) is 23.2 Å². The molecule has 2 heterocycles. The van der Waals surface area contributed by atoms with Gasteiger partial charge in [0.15, 0.2) is 5.82 Å². The summed E-state index contributed by atoms with van der Waals surface area (Å²) in [7, 11) is 0. The number of nitrogens with one attached hydrogen (secondary N) is 2. The second-order valence-corrected chi connectivity index (χ2v) is 10.9. The first-order valence-electron chi connectivity index (χ1n) is 13.1.